The van der Waals surface area contributed by atoms with Crippen LogP contribution in [0.25, 0.3) is 11.2 Å². The van der Waals surface area contributed by atoms with E-state index in [1.54, 1.807) is 10.6 Å². The standard InChI is InChI=1S/C27H29ClFN5O5/c1-4-18-21(37-14(2)35)22(38-15(3)36)25(39-18)34-13-30-19-23(31-26(28)32-24(19)34)33-12-27(10-5-6-11-27)16-8-7-9-17(29)20(16)33/h7-9,13,18,21-22,25H,4-6,10-12H2,1-3H3/t18-,21?,22+,25-/m1/s1. The number of ether oxygens (including phenoxy) is 3. The number of benzene rings is 1. The monoisotopic (exact) mass is 557 g/mol. The van der Waals surface area contributed by atoms with Gasteiger partial charge >= 0.3 is 11.9 Å². The molecule has 0 radical (unpaired) electrons. The molecule has 1 saturated heterocycles. The van der Waals surface area contributed by atoms with Gasteiger partial charge < -0.3 is 19.1 Å². The fourth-order valence-electron chi connectivity index (χ4n) is 6.51. The number of aromatic nitrogens is 4. The van der Waals surface area contributed by atoms with Crippen molar-refractivity contribution in [3.05, 3.63) is 41.2 Å². The zero-order valence-electron chi connectivity index (χ0n) is 21.9. The second kappa shape index (κ2) is 9.71. The Morgan fingerprint density at radius 2 is 1.87 bits per heavy atom. The Labute approximate surface area is 229 Å². The molecule has 3 aromatic rings. The summed E-state index contributed by atoms with van der Waals surface area (Å²) in [6.07, 6.45) is 2.91. The first kappa shape index (κ1) is 25.9. The van der Waals surface area contributed by atoms with Crippen molar-refractivity contribution in [2.45, 2.75) is 82.8 Å². The van der Waals surface area contributed by atoms with Crippen molar-refractivity contribution in [3.8, 4) is 0 Å². The molecule has 1 saturated carbocycles. The molecular weight excluding hydrogens is 529 g/mol. The molecule has 6 rings (SSSR count). The molecule has 39 heavy (non-hydrogen) atoms. The maximum absolute atomic E-state index is 15.4. The molecular formula is C27H29ClFN5O5. The van der Waals surface area contributed by atoms with Gasteiger partial charge in [0.05, 0.1) is 12.0 Å². The lowest BCUT2D eigenvalue weighted by Crippen LogP contribution is -2.38. The first-order valence-corrected chi connectivity index (χ1v) is 13.6. The normalized spacial score (nSPS) is 25.4. The molecule has 3 aliphatic rings. The molecule has 1 aliphatic carbocycles. The molecule has 4 atom stereocenters. The number of nitrogens with zero attached hydrogens (tertiary/aromatic N) is 5. The third-order valence-electron chi connectivity index (χ3n) is 8.05. The van der Waals surface area contributed by atoms with Crippen LogP contribution in [0.4, 0.5) is 15.9 Å². The summed E-state index contributed by atoms with van der Waals surface area (Å²) < 4.78 is 34.3. The number of carbonyl (C=O) groups is 2. The van der Waals surface area contributed by atoms with E-state index in [4.69, 9.17) is 25.8 Å². The summed E-state index contributed by atoms with van der Waals surface area (Å²) >= 11 is 6.45. The fourth-order valence-corrected chi connectivity index (χ4v) is 6.67. The number of para-hydroxylation sites is 1. The van der Waals surface area contributed by atoms with E-state index >= 15 is 4.39 Å². The molecule has 0 amide bonds. The van der Waals surface area contributed by atoms with Crippen LogP contribution in [0.3, 0.4) is 0 Å². The van der Waals surface area contributed by atoms with E-state index in [1.165, 1.54) is 26.2 Å². The second-order valence-corrected chi connectivity index (χ2v) is 10.8. The van der Waals surface area contributed by atoms with E-state index in [0.717, 1.165) is 31.2 Å². The number of hydrogen-bond donors (Lipinski definition) is 0. The molecule has 1 aromatic carbocycles. The highest BCUT2D eigenvalue weighted by atomic mass is 35.5. The van der Waals surface area contributed by atoms with Crippen LogP contribution in [-0.2, 0) is 29.2 Å². The molecule has 1 spiro atoms. The lowest BCUT2D eigenvalue weighted by atomic mass is 9.81. The molecule has 10 nitrogen and oxygen atoms in total. The van der Waals surface area contributed by atoms with Crippen molar-refractivity contribution in [2.24, 2.45) is 0 Å². The third kappa shape index (κ3) is 4.22. The average molecular weight is 558 g/mol. The van der Waals surface area contributed by atoms with Crippen LogP contribution in [0, 0.1) is 5.82 Å². The largest absolute Gasteiger partial charge is 0.456 e. The van der Waals surface area contributed by atoms with Gasteiger partial charge in [-0.3, -0.25) is 14.2 Å². The number of esters is 2. The molecule has 206 valence electrons. The van der Waals surface area contributed by atoms with Crippen LogP contribution in [0.1, 0.15) is 64.7 Å². The molecule has 0 N–H and O–H groups in total. The maximum Gasteiger partial charge on any atom is 0.303 e. The quantitative estimate of drug-likeness (QED) is 0.324. The van der Waals surface area contributed by atoms with Gasteiger partial charge in [-0.25, -0.2) is 9.37 Å². The average Bonchev–Trinajstić information content (AvgIpc) is 3.66. The zero-order chi connectivity index (χ0) is 27.5. The number of anilines is 2. The van der Waals surface area contributed by atoms with Crippen molar-refractivity contribution in [3.63, 3.8) is 0 Å². The first-order valence-electron chi connectivity index (χ1n) is 13.2. The number of fused-ring (bicyclic) bond motifs is 3. The van der Waals surface area contributed by atoms with Gasteiger partial charge in [-0.1, -0.05) is 31.9 Å². The van der Waals surface area contributed by atoms with Gasteiger partial charge in [0.1, 0.15) is 11.9 Å². The highest BCUT2D eigenvalue weighted by Crippen LogP contribution is 2.53. The lowest BCUT2D eigenvalue weighted by Gasteiger charge is -2.25. The van der Waals surface area contributed by atoms with Crippen molar-refractivity contribution in [1.29, 1.82) is 0 Å². The smallest absolute Gasteiger partial charge is 0.303 e. The highest BCUT2D eigenvalue weighted by molar-refractivity contribution is 6.28. The molecule has 1 unspecified atom stereocenters. The van der Waals surface area contributed by atoms with Gasteiger partial charge in [0.15, 0.2) is 35.4 Å². The third-order valence-corrected chi connectivity index (χ3v) is 8.22. The Bertz CT molecular complexity index is 1460. The summed E-state index contributed by atoms with van der Waals surface area (Å²) in [5.74, 6) is -1.00. The summed E-state index contributed by atoms with van der Waals surface area (Å²) in [5.41, 5.74) is 2.03. The molecule has 2 fully saturated rings. The number of imidazole rings is 1. The number of rotatable bonds is 5. The van der Waals surface area contributed by atoms with E-state index in [-0.39, 0.29) is 16.5 Å². The topological polar surface area (TPSA) is 109 Å². The van der Waals surface area contributed by atoms with Crippen molar-refractivity contribution < 1.29 is 28.2 Å². The predicted molar refractivity (Wildman–Crippen MR) is 139 cm³/mol. The van der Waals surface area contributed by atoms with Crippen molar-refractivity contribution in [2.75, 3.05) is 11.4 Å². The minimum Gasteiger partial charge on any atom is -0.456 e. The van der Waals surface area contributed by atoms with Crippen LogP contribution in [0.15, 0.2) is 24.5 Å². The Balaban J connectivity index is 1.46. The summed E-state index contributed by atoms with van der Waals surface area (Å²) in [6.45, 7) is 5.01. The lowest BCUT2D eigenvalue weighted by molar-refractivity contribution is -0.165. The minimum atomic E-state index is -0.947. The summed E-state index contributed by atoms with van der Waals surface area (Å²) in [4.78, 5) is 39.3. The summed E-state index contributed by atoms with van der Waals surface area (Å²) in [5, 5.41) is -0.0462. The van der Waals surface area contributed by atoms with Crippen LogP contribution in [0.2, 0.25) is 5.28 Å². The van der Waals surface area contributed by atoms with Gasteiger partial charge in [-0.15, -0.1) is 0 Å². The van der Waals surface area contributed by atoms with Crippen LogP contribution >= 0.6 is 11.6 Å². The van der Waals surface area contributed by atoms with Crippen molar-refractivity contribution in [1.82, 2.24) is 19.5 Å². The Morgan fingerprint density at radius 3 is 2.56 bits per heavy atom. The number of halogens is 2. The SMILES string of the molecule is CC[C@H]1O[C@@H](n2cnc3c(N4CC5(CCCC5)c5cccc(F)c54)nc(Cl)nc32)[C@@H](OC(C)=O)C1OC(C)=O. The number of carbonyl (C=O) groups excluding carboxylic acids is 2. The van der Waals surface area contributed by atoms with E-state index < -0.39 is 36.5 Å². The highest BCUT2D eigenvalue weighted by Gasteiger charge is 2.50. The van der Waals surface area contributed by atoms with E-state index in [2.05, 4.69) is 15.0 Å². The number of hydrogen-bond acceptors (Lipinski definition) is 9. The Morgan fingerprint density at radius 1 is 1.15 bits per heavy atom. The Hall–Kier alpha value is -3.31. The minimum absolute atomic E-state index is 0.0462. The second-order valence-electron chi connectivity index (χ2n) is 10.5. The van der Waals surface area contributed by atoms with Gasteiger partial charge in [-0.05, 0) is 42.5 Å². The van der Waals surface area contributed by atoms with Crippen LogP contribution in [0.5, 0.6) is 0 Å². The van der Waals surface area contributed by atoms with Crippen molar-refractivity contribution >= 4 is 46.2 Å². The van der Waals surface area contributed by atoms with E-state index in [1.807, 2.05) is 17.9 Å². The van der Waals surface area contributed by atoms with E-state index in [9.17, 15) is 9.59 Å². The summed E-state index contributed by atoms with van der Waals surface area (Å²) in [7, 11) is 0. The molecule has 0 bridgehead atoms. The van der Waals surface area contributed by atoms with Crippen LogP contribution in [-0.4, -0.2) is 56.3 Å². The van der Waals surface area contributed by atoms with Crippen LogP contribution < -0.4 is 4.90 Å². The van der Waals surface area contributed by atoms with Gasteiger partial charge in [0.25, 0.3) is 0 Å². The molecule has 12 heteroatoms. The molecule has 2 aromatic heterocycles. The van der Waals surface area contributed by atoms with Gasteiger partial charge in [0, 0.05) is 25.8 Å². The molecule has 2 aliphatic heterocycles. The summed E-state index contributed by atoms with van der Waals surface area (Å²) in [6, 6.07) is 5.21. The zero-order valence-corrected chi connectivity index (χ0v) is 22.7. The first-order chi connectivity index (χ1) is 18.7. The van der Waals surface area contributed by atoms with Gasteiger partial charge in [-0.2, -0.15) is 9.97 Å². The van der Waals surface area contributed by atoms with Gasteiger partial charge in [0.2, 0.25) is 5.28 Å². The predicted octanol–water partition coefficient (Wildman–Crippen LogP) is 4.75. The van der Waals surface area contributed by atoms with E-state index in [0.29, 0.717) is 35.6 Å². The fraction of sp³-hybridized carbons (Fsp3) is 0.519. The molecule has 4 heterocycles. The maximum atomic E-state index is 15.4. The Kier molecular flexibility index (Phi) is 6.46.